The number of fused-ring (bicyclic) bond motifs is 1. The van der Waals surface area contributed by atoms with E-state index in [4.69, 9.17) is 4.42 Å². The number of rotatable bonds is 4. The molecule has 7 heteroatoms. The highest BCUT2D eigenvalue weighted by Crippen LogP contribution is 2.21. The van der Waals surface area contributed by atoms with E-state index in [-0.39, 0.29) is 12.2 Å². The number of carbonyl (C=O) groups is 1. The second kappa shape index (κ2) is 6.41. The number of para-hydroxylation sites is 1. The number of urea groups is 1. The van der Waals surface area contributed by atoms with E-state index in [1.54, 1.807) is 13.0 Å². The van der Waals surface area contributed by atoms with Gasteiger partial charge < -0.3 is 15.1 Å². The molecule has 1 heterocycles. The Labute approximate surface area is 137 Å². The number of amides is 2. The zero-order valence-corrected chi connectivity index (χ0v) is 12.9. The van der Waals surface area contributed by atoms with Crippen LogP contribution in [0.1, 0.15) is 11.3 Å². The molecule has 0 radical (unpaired) electrons. The fourth-order valence-corrected chi connectivity index (χ4v) is 2.40. The third-order valence-electron chi connectivity index (χ3n) is 3.55. The lowest BCUT2D eigenvalue weighted by atomic mass is 10.2. The summed E-state index contributed by atoms with van der Waals surface area (Å²) in [5.74, 6) is 0.645. The van der Waals surface area contributed by atoms with Crippen LogP contribution in [0.5, 0.6) is 0 Å². The summed E-state index contributed by atoms with van der Waals surface area (Å²) < 4.78 is 5.61. The summed E-state index contributed by atoms with van der Waals surface area (Å²) in [6, 6.07) is 13.5. The minimum Gasteiger partial charge on any atom is -0.459 e. The molecule has 0 saturated heterocycles. The molecule has 7 nitrogen and oxygen atoms in total. The van der Waals surface area contributed by atoms with Crippen molar-refractivity contribution in [1.29, 1.82) is 0 Å². The molecule has 2 amide bonds. The number of hydrogen-bond donors (Lipinski definition) is 2. The zero-order chi connectivity index (χ0) is 17.1. The molecule has 1 aromatic heterocycles. The molecule has 3 rings (SSSR count). The van der Waals surface area contributed by atoms with Crippen molar-refractivity contribution >= 4 is 28.4 Å². The van der Waals surface area contributed by atoms with Gasteiger partial charge in [-0.2, -0.15) is 0 Å². The van der Waals surface area contributed by atoms with Crippen LogP contribution in [0.2, 0.25) is 0 Å². The van der Waals surface area contributed by atoms with Crippen LogP contribution in [0, 0.1) is 17.0 Å². The van der Waals surface area contributed by atoms with Crippen LogP contribution < -0.4 is 10.6 Å². The van der Waals surface area contributed by atoms with Gasteiger partial charge in [-0.25, -0.2) is 4.79 Å². The molecule has 0 bridgehead atoms. The number of nitro benzene ring substituents is 1. The molecule has 0 atom stereocenters. The zero-order valence-electron chi connectivity index (χ0n) is 12.9. The van der Waals surface area contributed by atoms with Gasteiger partial charge in [-0.15, -0.1) is 0 Å². The number of aryl methyl sites for hydroxylation is 1. The minimum absolute atomic E-state index is 0.0169. The van der Waals surface area contributed by atoms with Crippen LogP contribution in [0.4, 0.5) is 16.2 Å². The van der Waals surface area contributed by atoms with E-state index < -0.39 is 11.0 Å². The predicted octanol–water partition coefficient (Wildman–Crippen LogP) is 3.97. The number of hydrogen-bond acceptors (Lipinski definition) is 4. The van der Waals surface area contributed by atoms with Crippen molar-refractivity contribution in [3.63, 3.8) is 0 Å². The van der Waals surface area contributed by atoms with Gasteiger partial charge in [0, 0.05) is 22.7 Å². The smallest absolute Gasteiger partial charge is 0.319 e. The molecular formula is C17H15N3O4. The molecule has 3 aromatic rings. The first-order valence-electron chi connectivity index (χ1n) is 7.30. The number of benzene rings is 2. The lowest BCUT2D eigenvalue weighted by molar-refractivity contribution is -0.385. The Balaban J connectivity index is 1.61. The molecule has 0 aliphatic heterocycles. The first-order valence-corrected chi connectivity index (χ1v) is 7.30. The highest BCUT2D eigenvalue weighted by Gasteiger charge is 2.11. The summed E-state index contributed by atoms with van der Waals surface area (Å²) in [6.45, 7) is 1.86. The fraction of sp³-hybridized carbons (Fsp3) is 0.118. The highest BCUT2D eigenvalue weighted by atomic mass is 16.6. The van der Waals surface area contributed by atoms with Crippen molar-refractivity contribution < 1.29 is 14.1 Å². The Bertz CT molecular complexity index is 884. The van der Waals surface area contributed by atoms with E-state index in [9.17, 15) is 14.9 Å². The van der Waals surface area contributed by atoms with Gasteiger partial charge in [0.05, 0.1) is 11.5 Å². The van der Waals surface area contributed by atoms with Crippen molar-refractivity contribution in [2.45, 2.75) is 13.5 Å². The highest BCUT2D eigenvalue weighted by molar-refractivity contribution is 5.89. The van der Waals surface area contributed by atoms with E-state index in [1.165, 1.54) is 12.1 Å². The van der Waals surface area contributed by atoms with Gasteiger partial charge in [0.2, 0.25) is 0 Å². The second-order valence-corrected chi connectivity index (χ2v) is 5.32. The number of nitrogens with zero attached hydrogens (tertiary/aromatic N) is 1. The Kier molecular flexibility index (Phi) is 4.15. The summed E-state index contributed by atoms with van der Waals surface area (Å²) in [7, 11) is 0. The Morgan fingerprint density at radius 1 is 1.21 bits per heavy atom. The normalized spacial score (nSPS) is 10.5. The summed E-state index contributed by atoms with van der Waals surface area (Å²) in [6.07, 6.45) is 0. The SMILES string of the molecule is Cc1cc(NC(=O)NCc2cc3ccccc3o2)ccc1[N+](=O)[O-]. The van der Waals surface area contributed by atoms with Crippen molar-refractivity contribution in [2.75, 3.05) is 5.32 Å². The van der Waals surface area contributed by atoms with Gasteiger partial charge in [0.15, 0.2) is 0 Å². The average Bonchev–Trinajstić information content (AvgIpc) is 2.95. The summed E-state index contributed by atoms with van der Waals surface area (Å²) in [5, 5.41) is 17.1. The fourth-order valence-electron chi connectivity index (χ4n) is 2.40. The van der Waals surface area contributed by atoms with Crippen LogP contribution >= 0.6 is 0 Å². The van der Waals surface area contributed by atoms with Crippen LogP contribution in [-0.4, -0.2) is 11.0 Å². The molecule has 0 saturated carbocycles. The number of furan rings is 1. The third kappa shape index (κ3) is 3.35. The van der Waals surface area contributed by atoms with Gasteiger partial charge in [0.1, 0.15) is 11.3 Å². The molecular weight excluding hydrogens is 310 g/mol. The van der Waals surface area contributed by atoms with Crippen molar-refractivity contribution in [1.82, 2.24) is 5.32 Å². The van der Waals surface area contributed by atoms with Gasteiger partial charge in [-0.1, -0.05) is 18.2 Å². The van der Waals surface area contributed by atoms with Gasteiger partial charge >= 0.3 is 6.03 Å². The standard InChI is InChI=1S/C17H15N3O4/c1-11-8-13(6-7-15(11)20(22)23)19-17(21)18-10-14-9-12-4-2-3-5-16(12)24-14/h2-9H,10H2,1H3,(H2,18,19,21). The maximum Gasteiger partial charge on any atom is 0.319 e. The maximum absolute atomic E-state index is 11.9. The van der Waals surface area contributed by atoms with E-state index in [0.29, 0.717) is 17.0 Å². The average molecular weight is 325 g/mol. The Hall–Kier alpha value is -3.35. The Morgan fingerprint density at radius 2 is 2.00 bits per heavy atom. The van der Waals surface area contributed by atoms with Crippen molar-refractivity contribution in [2.24, 2.45) is 0 Å². The van der Waals surface area contributed by atoms with Gasteiger partial charge in [0.25, 0.3) is 5.69 Å². The summed E-state index contributed by atoms with van der Waals surface area (Å²) >= 11 is 0. The summed E-state index contributed by atoms with van der Waals surface area (Å²) in [5.41, 5.74) is 1.75. The first kappa shape index (κ1) is 15.5. The third-order valence-corrected chi connectivity index (χ3v) is 3.55. The number of carbonyl (C=O) groups excluding carboxylic acids is 1. The van der Waals surface area contributed by atoms with Crippen molar-refractivity contribution in [3.05, 3.63) is 70.0 Å². The molecule has 122 valence electrons. The largest absolute Gasteiger partial charge is 0.459 e. The summed E-state index contributed by atoms with van der Waals surface area (Å²) in [4.78, 5) is 22.3. The molecule has 0 fully saturated rings. The molecule has 0 aliphatic carbocycles. The van der Waals surface area contributed by atoms with E-state index in [1.807, 2.05) is 30.3 Å². The maximum atomic E-state index is 11.9. The topological polar surface area (TPSA) is 97.4 Å². The predicted molar refractivity (Wildman–Crippen MR) is 89.9 cm³/mol. The monoisotopic (exact) mass is 325 g/mol. The molecule has 2 N–H and O–H groups in total. The number of anilines is 1. The number of nitro groups is 1. The molecule has 0 unspecified atom stereocenters. The second-order valence-electron chi connectivity index (χ2n) is 5.32. The van der Waals surface area contributed by atoms with Crippen LogP contribution in [0.15, 0.2) is 52.9 Å². The lowest BCUT2D eigenvalue weighted by Gasteiger charge is -2.07. The molecule has 0 aliphatic rings. The van der Waals surface area contributed by atoms with E-state index >= 15 is 0 Å². The van der Waals surface area contributed by atoms with Crippen LogP contribution in [0.25, 0.3) is 11.0 Å². The van der Waals surface area contributed by atoms with Crippen LogP contribution in [-0.2, 0) is 6.54 Å². The molecule has 24 heavy (non-hydrogen) atoms. The number of nitrogens with one attached hydrogen (secondary N) is 2. The van der Waals surface area contributed by atoms with Gasteiger partial charge in [-0.05, 0) is 31.2 Å². The van der Waals surface area contributed by atoms with Crippen LogP contribution in [0.3, 0.4) is 0 Å². The quantitative estimate of drug-likeness (QED) is 0.560. The lowest BCUT2D eigenvalue weighted by Crippen LogP contribution is -2.28. The van der Waals surface area contributed by atoms with E-state index in [2.05, 4.69) is 10.6 Å². The Morgan fingerprint density at radius 3 is 2.71 bits per heavy atom. The molecule has 2 aromatic carbocycles. The minimum atomic E-state index is -0.458. The first-order chi connectivity index (χ1) is 11.5. The van der Waals surface area contributed by atoms with Crippen molar-refractivity contribution in [3.8, 4) is 0 Å². The van der Waals surface area contributed by atoms with E-state index in [0.717, 1.165) is 11.0 Å². The molecule has 0 spiro atoms. The van der Waals surface area contributed by atoms with Gasteiger partial charge in [-0.3, -0.25) is 10.1 Å².